The Labute approximate surface area is 98.1 Å². The van der Waals surface area contributed by atoms with Crippen LogP contribution in [0.25, 0.3) is 0 Å². The molecule has 0 spiro atoms. The van der Waals surface area contributed by atoms with Gasteiger partial charge in [-0.3, -0.25) is 0 Å². The van der Waals surface area contributed by atoms with E-state index in [9.17, 15) is 4.79 Å². The van der Waals surface area contributed by atoms with Crippen LogP contribution in [0.1, 0.15) is 19.3 Å². The van der Waals surface area contributed by atoms with Gasteiger partial charge in [0.15, 0.2) is 0 Å². The number of nitrogens with one attached hydrogen (secondary N) is 2. The van der Waals surface area contributed by atoms with Gasteiger partial charge in [0.1, 0.15) is 0 Å². The molecule has 4 nitrogen and oxygen atoms in total. The molecule has 0 saturated carbocycles. The first-order chi connectivity index (χ1) is 7.70. The number of carbonyl (C=O) groups excluding carboxylic acids is 1. The van der Waals surface area contributed by atoms with Gasteiger partial charge in [-0.1, -0.05) is 12.2 Å². The Morgan fingerprint density at radius 1 is 1.38 bits per heavy atom. The third kappa shape index (κ3) is 5.16. The molecule has 1 atom stereocenters. The van der Waals surface area contributed by atoms with Crippen molar-refractivity contribution in [2.45, 2.75) is 19.3 Å². The van der Waals surface area contributed by atoms with Crippen molar-refractivity contribution in [3.05, 3.63) is 12.2 Å². The maximum Gasteiger partial charge on any atom is 0.316 e. The molecule has 1 unspecified atom stereocenters. The van der Waals surface area contributed by atoms with Crippen molar-refractivity contribution in [1.82, 2.24) is 15.5 Å². The van der Waals surface area contributed by atoms with Crippen LogP contribution >= 0.6 is 0 Å². The third-order valence-corrected chi connectivity index (χ3v) is 2.79. The van der Waals surface area contributed by atoms with Gasteiger partial charge in [-0.2, -0.15) is 0 Å². The number of hydrogen-bond acceptors (Lipinski definition) is 2. The second-order valence-electron chi connectivity index (χ2n) is 4.48. The molecular weight excluding hydrogens is 202 g/mol. The van der Waals surface area contributed by atoms with Crippen molar-refractivity contribution < 1.29 is 4.79 Å². The average Bonchev–Trinajstić information content (AvgIpc) is 2.29. The second-order valence-corrected chi connectivity index (χ2v) is 4.48. The van der Waals surface area contributed by atoms with E-state index in [2.05, 4.69) is 22.8 Å². The summed E-state index contributed by atoms with van der Waals surface area (Å²) in [7, 11) is 3.49. The summed E-state index contributed by atoms with van der Waals surface area (Å²) in [6.07, 6.45) is 8.21. The quantitative estimate of drug-likeness (QED) is 0.545. The van der Waals surface area contributed by atoms with E-state index in [4.69, 9.17) is 0 Å². The van der Waals surface area contributed by atoms with E-state index in [0.717, 1.165) is 19.0 Å². The first kappa shape index (κ1) is 13.0. The van der Waals surface area contributed by atoms with Crippen LogP contribution in [0.5, 0.6) is 0 Å². The molecule has 4 heteroatoms. The molecule has 0 fully saturated rings. The lowest BCUT2D eigenvalue weighted by Gasteiger charge is -2.18. The maximum atomic E-state index is 11.2. The van der Waals surface area contributed by atoms with E-state index in [-0.39, 0.29) is 6.03 Å². The van der Waals surface area contributed by atoms with Gasteiger partial charge >= 0.3 is 6.03 Å². The largest absolute Gasteiger partial charge is 0.337 e. The van der Waals surface area contributed by atoms with Crippen LogP contribution in [-0.4, -0.2) is 44.7 Å². The normalized spacial score (nSPS) is 19.5. The Kier molecular flexibility index (Phi) is 5.93. The minimum absolute atomic E-state index is 0.0256. The topological polar surface area (TPSA) is 44.4 Å². The predicted molar refractivity (Wildman–Crippen MR) is 66.4 cm³/mol. The Balaban J connectivity index is 1.95. The molecule has 16 heavy (non-hydrogen) atoms. The molecule has 2 amide bonds. The third-order valence-electron chi connectivity index (χ3n) is 2.79. The summed E-state index contributed by atoms with van der Waals surface area (Å²) in [6, 6.07) is -0.0256. The molecule has 1 aliphatic rings. The van der Waals surface area contributed by atoms with Gasteiger partial charge in [0.2, 0.25) is 0 Å². The molecule has 0 aliphatic heterocycles. The molecule has 1 rings (SSSR count). The molecule has 2 N–H and O–H groups in total. The summed E-state index contributed by atoms with van der Waals surface area (Å²) in [4.78, 5) is 12.7. The summed E-state index contributed by atoms with van der Waals surface area (Å²) < 4.78 is 0. The van der Waals surface area contributed by atoms with Crippen LogP contribution in [0.3, 0.4) is 0 Å². The number of hydrogen-bond donors (Lipinski definition) is 2. The Morgan fingerprint density at radius 2 is 2.19 bits per heavy atom. The van der Waals surface area contributed by atoms with E-state index >= 15 is 0 Å². The second kappa shape index (κ2) is 7.28. The number of nitrogens with zero attached hydrogens (tertiary/aromatic N) is 1. The van der Waals surface area contributed by atoms with Crippen molar-refractivity contribution in [3.63, 3.8) is 0 Å². The van der Waals surface area contributed by atoms with Crippen LogP contribution in [0.15, 0.2) is 12.2 Å². The van der Waals surface area contributed by atoms with Gasteiger partial charge in [0.05, 0.1) is 0 Å². The number of amides is 2. The van der Waals surface area contributed by atoms with Crippen molar-refractivity contribution in [2.24, 2.45) is 5.92 Å². The minimum Gasteiger partial charge on any atom is -0.337 e. The van der Waals surface area contributed by atoms with Gasteiger partial charge in [-0.25, -0.2) is 4.79 Å². The molecule has 0 aromatic heterocycles. The molecule has 1 aliphatic carbocycles. The lowest BCUT2D eigenvalue weighted by Crippen LogP contribution is -2.39. The Bertz CT molecular complexity index is 238. The zero-order valence-corrected chi connectivity index (χ0v) is 10.3. The average molecular weight is 225 g/mol. The monoisotopic (exact) mass is 225 g/mol. The summed E-state index contributed by atoms with van der Waals surface area (Å²) in [6.45, 7) is 2.60. The van der Waals surface area contributed by atoms with Gasteiger partial charge < -0.3 is 15.5 Å². The molecule has 0 saturated heterocycles. The summed E-state index contributed by atoms with van der Waals surface area (Å²) >= 11 is 0. The van der Waals surface area contributed by atoms with Gasteiger partial charge in [-0.15, -0.1) is 0 Å². The van der Waals surface area contributed by atoms with Crippen molar-refractivity contribution in [3.8, 4) is 0 Å². The Hall–Kier alpha value is -1.03. The SMILES string of the molecule is CN(C)C(=O)NCCNCC1CC=CCC1. The van der Waals surface area contributed by atoms with Crippen LogP contribution in [0.4, 0.5) is 4.79 Å². The fourth-order valence-corrected chi connectivity index (χ4v) is 1.76. The number of allylic oxidation sites excluding steroid dienone is 2. The fraction of sp³-hybridized carbons (Fsp3) is 0.750. The predicted octanol–water partition coefficient (Wildman–Crippen LogP) is 1.20. The van der Waals surface area contributed by atoms with Crippen LogP contribution < -0.4 is 10.6 Å². The van der Waals surface area contributed by atoms with Crippen LogP contribution in [0.2, 0.25) is 0 Å². The van der Waals surface area contributed by atoms with E-state index in [1.54, 1.807) is 19.0 Å². The highest BCUT2D eigenvalue weighted by molar-refractivity contribution is 5.73. The number of rotatable bonds is 5. The van der Waals surface area contributed by atoms with Gasteiger partial charge in [-0.05, 0) is 31.7 Å². The fourth-order valence-electron chi connectivity index (χ4n) is 1.76. The molecule has 0 aromatic rings. The molecule has 0 bridgehead atoms. The van der Waals surface area contributed by atoms with E-state index < -0.39 is 0 Å². The zero-order valence-electron chi connectivity index (χ0n) is 10.3. The van der Waals surface area contributed by atoms with E-state index in [0.29, 0.717) is 6.54 Å². The smallest absolute Gasteiger partial charge is 0.316 e. The lowest BCUT2D eigenvalue weighted by atomic mass is 9.94. The summed E-state index contributed by atoms with van der Waals surface area (Å²) in [5.74, 6) is 0.773. The van der Waals surface area contributed by atoms with Crippen LogP contribution in [0, 0.1) is 5.92 Å². The van der Waals surface area contributed by atoms with Crippen molar-refractivity contribution in [2.75, 3.05) is 33.7 Å². The molecule has 0 aromatic carbocycles. The van der Waals surface area contributed by atoms with Gasteiger partial charge in [0, 0.05) is 27.2 Å². The first-order valence-electron chi connectivity index (χ1n) is 6.01. The van der Waals surface area contributed by atoms with E-state index in [1.165, 1.54) is 19.3 Å². The van der Waals surface area contributed by atoms with E-state index in [1.807, 2.05) is 0 Å². The zero-order chi connectivity index (χ0) is 11.8. The minimum atomic E-state index is -0.0256. The number of urea groups is 1. The molecule has 0 radical (unpaired) electrons. The standard InChI is InChI=1S/C12H23N3O/c1-15(2)12(16)14-9-8-13-10-11-6-4-3-5-7-11/h3-4,11,13H,5-10H2,1-2H3,(H,14,16). The highest BCUT2D eigenvalue weighted by Gasteiger charge is 2.08. The molecule has 92 valence electrons. The number of carbonyl (C=O) groups is 1. The van der Waals surface area contributed by atoms with Crippen LogP contribution in [-0.2, 0) is 0 Å². The summed E-state index contributed by atoms with van der Waals surface area (Å²) in [5, 5.41) is 6.21. The highest BCUT2D eigenvalue weighted by atomic mass is 16.2. The Morgan fingerprint density at radius 3 is 2.81 bits per heavy atom. The van der Waals surface area contributed by atoms with Crippen molar-refractivity contribution >= 4 is 6.03 Å². The molecular formula is C12H23N3O. The first-order valence-corrected chi connectivity index (χ1v) is 6.01. The lowest BCUT2D eigenvalue weighted by molar-refractivity contribution is 0.217. The molecule has 0 heterocycles. The van der Waals surface area contributed by atoms with Gasteiger partial charge in [0.25, 0.3) is 0 Å². The summed E-state index contributed by atoms with van der Waals surface area (Å²) in [5.41, 5.74) is 0. The highest BCUT2D eigenvalue weighted by Crippen LogP contribution is 2.16. The maximum absolute atomic E-state index is 11.2. The van der Waals surface area contributed by atoms with Crippen molar-refractivity contribution in [1.29, 1.82) is 0 Å².